The Morgan fingerprint density at radius 2 is 1.28 bits per heavy atom. The Morgan fingerprint density at radius 1 is 0.718 bits per heavy atom. The Morgan fingerprint density at radius 3 is 1.95 bits per heavy atom. The molecule has 202 valence electrons. The first-order valence-corrected chi connectivity index (χ1v) is 14.8. The van der Waals surface area contributed by atoms with Crippen molar-refractivity contribution in [3.05, 3.63) is 106 Å². The van der Waals surface area contributed by atoms with Crippen LogP contribution < -0.4 is 14.4 Å². The van der Waals surface area contributed by atoms with Crippen molar-refractivity contribution in [2.24, 2.45) is 0 Å². The van der Waals surface area contributed by atoms with Crippen LogP contribution in [0.25, 0.3) is 11.1 Å². The van der Waals surface area contributed by atoms with Crippen LogP contribution in [0.5, 0.6) is 17.2 Å². The molecule has 1 aliphatic rings. The molecule has 1 atom stereocenters. The van der Waals surface area contributed by atoms with E-state index in [0.29, 0.717) is 12.2 Å². The number of hydrogen-bond donors (Lipinski definition) is 1. The lowest BCUT2D eigenvalue weighted by Crippen LogP contribution is -2.20. The van der Waals surface area contributed by atoms with E-state index in [0.717, 1.165) is 55.7 Å². The maximum absolute atomic E-state index is 11.4. The molecule has 4 aromatic rings. The molecule has 0 saturated carbocycles. The first kappa shape index (κ1) is 27.3. The fourth-order valence-corrected chi connectivity index (χ4v) is 6.88. The summed E-state index contributed by atoms with van der Waals surface area (Å²) in [4.78, 5) is 0. The minimum atomic E-state index is -1.42. The van der Waals surface area contributed by atoms with E-state index in [9.17, 15) is 5.11 Å². The molecule has 4 heteroatoms. The van der Waals surface area contributed by atoms with Gasteiger partial charge in [0, 0.05) is 17.5 Å². The van der Waals surface area contributed by atoms with Gasteiger partial charge in [0.2, 0.25) is 0 Å². The highest BCUT2D eigenvalue weighted by atomic mass is 31.2. The molecule has 0 amide bonds. The standard InChI is InChI=1S/C35H39O3P/c1-22-17-24(32(36)28(19-22)34(3,4)5)21-25-18-23(2)20-29(35(6,7)8)33(25)38-39-31-16-12-10-14-27(31)26-13-9-11-15-30(26)37-39/h9-20,36H,21H2,1-8H3. The van der Waals surface area contributed by atoms with Crippen molar-refractivity contribution < 1.29 is 14.2 Å². The van der Waals surface area contributed by atoms with Crippen LogP contribution in [0, 0.1) is 13.8 Å². The predicted octanol–water partition coefficient (Wildman–Crippen LogP) is 9.27. The van der Waals surface area contributed by atoms with Crippen molar-refractivity contribution in [1.82, 2.24) is 0 Å². The van der Waals surface area contributed by atoms with Gasteiger partial charge < -0.3 is 14.2 Å². The number of hydrogen-bond acceptors (Lipinski definition) is 3. The molecule has 4 aromatic carbocycles. The minimum absolute atomic E-state index is 0.149. The second-order valence-electron chi connectivity index (χ2n) is 12.8. The van der Waals surface area contributed by atoms with Crippen molar-refractivity contribution in [3.8, 4) is 28.4 Å². The largest absolute Gasteiger partial charge is 0.507 e. The van der Waals surface area contributed by atoms with Crippen LogP contribution >= 0.6 is 8.38 Å². The van der Waals surface area contributed by atoms with Crippen LogP contribution in [0.15, 0.2) is 72.8 Å². The number of aryl methyl sites for hydroxylation is 2. The molecule has 0 bridgehead atoms. The number of benzene rings is 4. The van der Waals surface area contributed by atoms with Crippen LogP contribution in [-0.2, 0) is 17.3 Å². The second-order valence-corrected chi connectivity index (χ2v) is 14.1. The van der Waals surface area contributed by atoms with Crippen LogP contribution in [0.3, 0.4) is 0 Å². The second kappa shape index (κ2) is 10.0. The highest BCUT2D eigenvalue weighted by molar-refractivity contribution is 7.57. The number of fused-ring (bicyclic) bond motifs is 3. The van der Waals surface area contributed by atoms with E-state index in [1.54, 1.807) is 0 Å². The van der Waals surface area contributed by atoms with Crippen molar-refractivity contribution in [2.45, 2.75) is 72.6 Å². The van der Waals surface area contributed by atoms with Crippen LogP contribution in [0.2, 0.25) is 0 Å². The molecule has 5 rings (SSSR count). The average Bonchev–Trinajstić information content (AvgIpc) is 2.86. The summed E-state index contributed by atoms with van der Waals surface area (Å²) in [6, 6.07) is 25.2. The SMILES string of the molecule is Cc1cc(Cc2cc(C)cc(C(C)(C)C)c2OP2Oc3ccccc3-c3ccccc32)c(O)c(C(C)(C)C)c1. The quantitative estimate of drug-likeness (QED) is 0.263. The van der Waals surface area contributed by atoms with Crippen molar-refractivity contribution >= 4 is 13.7 Å². The molecule has 39 heavy (non-hydrogen) atoms. The molecule has 1 aliphatic heterocycles. The van der Waals surface area contributed by atoms with Gasteiger partial charge in [-0.3, -0.25) is 0 Å². The van der Waals surface area contributed by atoms with E-state index in [1.165, 1.54) is 5.56 Å². The van der Waals surface area contributed by atoms with E-state index < -0.39 is 8.38 Å². The van der Waals surface area contributed by atoms with Gasteiger partial charge >= 0.3 is 8.38 Å². The molecule has 0 aromatic heterocycles. The van der Waals surface area contributed by atoms with E-state index in [4.69, 9.17) is 9.05 Å². The van der Waals surface area contributed by atoms with Crippen LogP contribution in [0.4, 0.5) is 0 Å². The van der Waals surface area contributed by atoms with E-state index >= 15 is 0 Å². The van der Waals surface area contributed by atoms with Gasteiger partial charge in [-0.15, -0.1) is 0 Å². The number of aromatic hydroxyl groups is 1. The normalized spacial score (nSPS) is 14.8. The minimum Gasteiger partial charge on any atom is -0.507 e. The lowest BCUT2D eigenvalue weighted by molar-refractivity contribution is 0.440. The van der Waals surface area contributed by atoms with Gasteiger partial charge in [-0.1, -0.05) is 113 Å². The third-order valence-electron chi connectivity index (χ3n) is 7.27. The summed E-state index contributed by atoms with van der Waals surface area (Å²) in [6.45, 7) is 17.3. The molecular formula is C35H39O3P. The number of phenols is 1. The van der Waals surface area contributed by atoms with E-state index in [1.807, 2.05) is 24.3 Å². The third-order valence-corrected chi connectivity index (χ3v) is 8.77. The van der Waals surface area contributed by atoms with Crippen molar-refractivity contribution in [1.29, 1.82) is 0 Å². The summed E-state index contributed by atoms with van der Waals surface area (Å²) >= 11 is 0. The van der Waals surface area contributed by atoms with Gasteiger partial charge in [0.15, 0.2) is 0 Å². The molecular weight excluding hydrogens is 499 g/mol. The topological polar surface area (TPSA) is 38.7 Å². The van der Waals surface area contributed by atoms with Crippen molar-refractivity contribution in [3.63, 3.8) is 0 Å². The molecule has 0 aliphatic carbocycles. The lowest BCUT2D eigenvalue weighted by atomic mass is 9.81. The van der Waals surface area contributed by atoms with Gasteiger partial charge in [0.1, 0.15) is 17.2 Å². The fraction of sp³-hybridized carbons (Fsp3) is 0.314. The Kier molecular flexibility index (Phi) is 7.02. The van der Waals surface area contributed by atoms with Gasteiger partial charge in [-0.2, -0.15) is 0 Å². The molecule has 1 N–H and O–H groups in total. The van der Waals surface area contributed by atoms with Crippen LogP contribution in [0.1, 0.15) is 74.9 Å². The van der Waals surface area contributed by atoms with Crippen LogP contribution in [-0.4, -0.2) is 5.11 Å². The molecule has 0 fully saturated rings. The summed E-state index contributed by atoms with van der Waals surface area (Å²) in [7, 11) is -1.42. The zero-order chi connectivity index (χ0) is 28.1. The van der Waals surface area contributed by atoms with E-state index in [2.05, 4.69) is 104 Å². The molecule has 1 heterocycles. The highest BCUT2D eigenvalue weighted by Crippen LogP contribution is 2.52. The first-order valence-electron chi connectivity index (χ1n) is 13.6. The Hall–Kier alpha value is -3.29. The number of rotatable bonds is 4. The smallest absolute Gasteiger partial charge is 0.326 e. The Bertz CT molecular complexity index is 1540. The highest BCUT2D eigenvalue weighted by Gasteiger charge is 2.32. The zero-order valence-electron chi connectivity index (χ0n) is 24.3. The number of para-hydroxylation sites is 1. The molecule has 1 unspecified atom stereocenters. The average molecular weight is 539 g/mol. The lowest BCUT2D eigenvalue weighted by Gasteiger charge is -2.31. The molecule has 3 nitrogen and oxygen atoms in total. The number of phenolic OH excluding ortho intramolecular Hbond substituents is 1. The summed E-state index contributed by atoms with van der Waals surface area (Å²) in [5.74, 6) is 2.07. The summed E-state index contributed by atoms with van der Waals surface area (Å²) < 4.78 is 13.5. The third kappa shape index (κ3) is 5.43. The molecule has 0 radical (unpaired) electrons. The Balaban J connectivity index is 1.64. The molecule has 0 spiro atoms. The van der Waals surface area contributed by atoms with Crippen molar-refractivity contribution in [2.75, 3.05) is 0 Å². The summed E-state index contributed by atoms with van der Waals surface area (Å²) in [5, 5.41) is 12.5. The van der Waals surface area contributed by atoms with Gasteiger partial charge in [0.25, 0.3) is 0 Å². The maximum atomic E-state index is 11.4. The van der Waals surface area contributed by atoms with Gasteiger partial charge in [-0.25, -0.2) is 0 Å². The predicted molar refractivity (Wildman–Crippen MR) is 164 cm³/mol. The van der Waals surface area contributed by atoms with Gasteiger partial charge in [-0.05, 0) is 59.1 Å². The maximum Gasteiger partial charge on any atom is 0.326 e. The van der Waals surface area contributed by atoms with Gasteiger partial charge in [0.05, 0.1) is 5.30 Å². The summed E-state index contributed by atoms with van der Waals surface area (Å²) in [5.41, 5.74) is 8.34. The summed E-state index contributed by atoms with van der Waals surface area (Å²) in [6.07, 6.45) is 0.568. The molecule has 0 saturated heterocycles. The zero-order valence-corrected chi connectivity index (χ0v) is 25.2. The fourth-order valence-electron chi connectivity index (χ4n) is 5.33. The Labute approximate surface area is 234 Å². The first-order chi connectivity index (χ1) is 18.3. The monoisotopic (exact) mass is 538 g/mol. The van der Waals surface area contributed by atoms with E-state index in [-0.39, 0.29) is 10.8 Å².